The third-order valence-corrected chi connectivity index (χ3v) is 5.61. The molecule has 0 saturated carbocycles. The van der Waals surface area contributed by atoms with Crippen molar-refractivity contribution in [1.82, 2.24) is 10.2 Å². The van der Waals surface area contributed by atoms with E-state index in [1.807, 2.05) is 30.1 Å². The van der Waals surface area contributed by atoms with Gasteiger partial charge in [0, 0.05) is 32.7 Å². The number of alkyl halides is 6. The summed E-state index contributed by atoms with van der Waals surface area (Å²) in [5, 5.41) is 3.09. The number of rotatable bonds is 6. The minimum atomic E-state index is -4.83. The molecular weight excluding hydrogens is 486 g/mol. The van der Waals surface area contributed by atoms with Crippen molar-refractivity contribution in [3.63, 3.8) is 0 Å². The number of halogens is 6. The molecule has 2 unspecified atom stereocenters. The molecule has 0 bridgehead atoms. The largest absolute Gasteiger partial charge is 0.416 e. The van der Waals surface area contributed by atoms with E-state index in [9.17, 15) is 31.1 Å². The zero-order valence-electron chi connectivity index (χ0n) is 21.1. The van der Waals surface area contributed by atoms with Crippen molar-refractivity contribution in [2.24, 2.45) is 0 Å². The lowest BCUT2D eigenvalue weighted by molar-refractivity contribution is -0.144. The molecule has 1 aliphatic heterocycles. The second-order valence-corrected chi connectivity index (χ2v) is 8.33. The van der Waals surface area contributed by atoms with Gasteiger partial charge in [-0.2, -0.15) is 26.3 Å². The molecule has 202 valence electrons. The highest BCUT2D eigenvalue weighted by atomic mass is 19.4. The summed E-state index contributed by atoms with van der Waals surface area (Å²) in [7, 11) is 3.13. The maximum absolute atomic E-state index is 12.5. The van der Waals surface area contributed by atoms with Gasteiger partial charge in [0.2, 0.25) is 5.91 Å². The van der Waals surface area contributed by atoms with Gasteiger partial charge in [-0.15, -0.1) is 0 Å². The quantitative estimate of drug-likeness (QED) is 0.343. The fraction of sp³-hybridized carbons (Fsp3) is 0.500. The lowest BCUT2D eigenvalue weighted by atomic mass is 10.0. The van der Waals surface area contributed by atoms with Crippen LogP contribution in [-0.4, -0.2) is 44.1 Å². The zero-order valence-corrected chi connectivity index (χ0v) is 21.1. The van der Waals surface area contributed by atoms with Crippen LogP contribution < -0.4 is 5.32 Å². The number of likely N-dealkylation sites (N-methyl/N-ethyl adjacent to an activating group) is 1. The van der Waals surface area contributed by atoms with Gasteiger partial charge < -0.3 is 15.0 Å². The summed E-state index contributed by atoms with van der Waals surface area (Å²) in [5.74, 6) is 0.312. The average Bonchev–Trinajstić information content (AvgIpc) is 2.82. The molecule has 1 heterocycles. The van der Waals surface area contributed by atoms with Crippen LogP contribution in [-0.2, 0) is 21.9 Å². The number of nitrogens with one attached hydrogen (secondary N) is 1. The maximum Gasteiger partial charge on any atom is 0.416 e. The van der Waals surface area contributed by atoms with Gasteiger partial charge in [0.05, 0.1) is 17.2 Å². The van der Waals surface area contributed by atoms with E-state index in [1.54, 1.807) is 0 Å². The second kappa shape index (κ2) is 14.2. The Bertz CT molecular complexity index is 900. The number of carbonyl (C=O) groups is 1. The molecule has 1 fully saturated rings. The van der Waals surface area contributed by atoms with E-state index in [0.29, 0.717) is 24.1 Å². The number of hydrogen-bond acceptors (Lipinski definition) is 3. The first-order valence-electron chi connectivity index (χ1n) is 11.5. The molecule has 0 spiro atoms. The molecule has 2 aromatic carbocycles. The van der Waals surface area contributed by atoms with Crippen LogP contribution in [0.4, 0.5) is 26.3 Å². The summed E-state index contributed by atoms with van der Waals surface area (Å²) in [5.41, 5.74) is -1.52. The number of methoxy groups -OCH3 is 1. The van der Waals surface area contributed by atoms with Crippen molar-refractivity contribution in [3.05, 3.63) is 70.8 Å². The van der Waals surface area contributed by atoms with Crippen molar-refractivity contribution in [1.29, 1.82) is 0 Å². The van der Waals surface area contributed by atoms with Crippen molar-refractivity contribution in [2.45, 2.75) is 58.1 Å². The first kappa shape index (κ1) is 31.4. The first-order chi connectivity index (χ1) is 16.7. The van der Waals surface area contributed by atoms with Gasteiger partial charge in [-0.1, -0.05) is 42.8 Å². The standard InChI is InChI=1S/C11H10F6O.C8H16N2O.C7H8/c1-6(18-2)7-3-8(10(12,13)14)5-9(4-7)11(15,16)17;1-3-7(6-9-2)10-5-4-8(10)11;1-7-5-3-2-4-6-7/h3-6H,1-2H3;7,9H,3-6H2,1-2H3;2-6H,1H3. The molecular formula is C26H34F6N2O2. The predicted molar refractivity (Wildman–Crippen MR) is 127 cm³/mol. The van der Waals surface area contributed by atoms with Crippen LogP contribution in [0.15, 0.2) is 48.5 Å². The number of β-lactam (4-membered cyclic amide) rings is 1. The van der Waals surface area contributed by atoms with Gasteiger partial charge in [-0.3, -0.25) is 4.79 Å². The minimum Gasteiger partial charge on any atom is -0.377 e. The number of nitrogens with zero attached hydrogens (tertiary/aromatic N) is 1. The second-order valence-electron chi connectivity index (χ2n) is 8.33. The van der Waals surface area contributed by atoms with Crippen LogP contribution >= 0.6 is 0 Å². The molecule has 2 atom stereocenters. The molecule has 1 aliphatic rings. The summed E-state index contributed by atoms with van der Waals surface area (Å²) in [4.78, 5) is 13.0. The van der Waals surface area contributed by atoms with Gasteiger partial charge in [-0.05, 0) is 51.1 Å². The van der Waals surface area contributed by atoms with Crippen LogP contribution in [0.1, 0.15) is 55.0 Å². The van der Waals surface area contributed by atoms with Crippen LogP contribution in [0, 0.1) is 6.92 Å². The fourth-order valence-electron chi connectivity index (χ4n) is 3.31. The highest BCUT2D eigenvalue weighted by Gasteiger charge is 2.37. The van der Waals surface area contributed by atoms with Crippen LogP contribution in [0.5, 0.6) is 0 Å². The number of ether oxygens (including phenoxy) is 1. The van der Waals surface area contributed by atoms with E-state index in [4.69, 9.17) is 4.74 Å². The number of benzene rings is 2. The third-order valence-electron chi connectivity index (χ3n) is 5.61. The Kier molecular flexibility index (Phi) is 12.4. The molecule has 36 heavy (non-hydrogen) atoms. The first-order valence-corrected chi connectivity index (χ1v) is 11.5. The Morgan fingerprint density at radius 3 is 1.81 bits per heavy atom. The molecule has 10 heteroatoms. The van der Waals surface area contributed by atoms with Crippen LogP contribution in [0.2, 0.25) is 0 Å². The molecule has 2 aromatic rings. The molecule has 1 saturated heterocycles. The molecule has 0 aliphatic carbocycles. The normalized spacial score (nSPS) is 15.1. The SMILES string of the molecule is CCC(CNC)N1CCC1=O.COC(C)c1cc(C(F)(F)F)cc(C(F)(F)F)c1.Cc1ccccc1. The molecule has 3 rings (SSSR count). The molecule has 0 radical (unpaired) electrons. The highest BCUT2D eigenvalue weighted by molar-refractivity contribution is 5.82. The molecule has 1 amide bonds. The number of hydrogen-bond donors (Lipinski definition) is 1. The topological polar surface area (TPSA) is 41.6 Å². The van der Waals surface area contributed by atoms with Gasteiger partial charge in [0.1, 0.15) is 0 Å². The predicted octanol–water partition coefficient (Wildman–Crippen LogP) is 6.64. The Hall–Kier alpha value is -2.59. The Balaban J connectivity index is 0.000000303. The van der Waals surface area contributed by atoms with E-state index >= 15 is 0 Å². The number of carbonyl (C=O) groups excluding carboxylic acids is 1. The van der Waals surface area contributed by atoms with E-state index in [-0.39, 0.29) is 11.6 Å². The Morgan fingerprint density at radius 1 is 1.00 bits per heavy atom. The van der Waals surface area contributed by atoms with Gasteiger partial charge >= 0.3 is 12.4 Å². The molecule has 0 aromatic heterocycles. The number of likely N-dealkylation sites (tertiary alicyclic amines) is 1. The van der Waals surface area contributed by atoms with E-state index in [2.05, 4.69) is 31.3 Å². The lowest BCUT2D eigenvalue weighted by Crippen LogP contribution is -2.52. The van der Waals surface area contributed by atoms with E-state index in [0.717, 1.165) is 25.9 Å². The summed E-state index contributed by atoms with van der Waals surface area (Å²) >= 11 is 0. The summed E-state index contributed by atoms with van der Waals surface area (Å²) < 4.78 is 79.7. The number of amides is 1. The smallest absolute Gasteiger partial charge is 0.377 e. The summed E-state index contributed by atoms with van der Waals surface area (Å²) in [6.07, 6.45) is -8.71. The highest BCUT2D eigenvalue weighted by Crippen LogP contribution is 2.37. The van der Waals surface area contributed by atoms with Crippen molar-refractivity contribution >= 4 is 5.91 Å². The average molecular weight is 521 g/mol. The van der Waals surface area contributed by atoms with Crippen molar-refractivity contribution < 1.29 is 35.9 Å². The Labute approximate surface area is 208 Å². The Morgan fingerprint density at radius 2 is 1.53 bits per heavy atom. The molecule has 4 nitrogen and oxygen atoms in total. The monoisotopic (exact) mass is 520 g/mol. The van der Waals surface area contributed by atoms with Crippen LogP contribution in [0.3, 0.4) is 0 Å². The third kappa shape index (κ3) is 10.2. The molecule has 1 N–H and O–H groups in total. The van der Waals surface area contributed by atoms with E-state index < -0.39 is 29.6 Å². The van der Waals surface area contributed by atoms with Gasteiger partial charge in [-0.25, -0.2) is 0 Å². The zero-order chi connectivity index (χ0) is 27.5. The lowest BCUT2D eigenvalue weighted by Gasteiger charge is -2.37. The summed E-state index contributed by atoms with van der Waals surface area (Å²) in [6.45, 7) is 7.45. The minimum absolute atomic E-state index is 0.0892. The summed E-state index contributed by atoms with van der Waals surface area (Å²) in [6, 6.07) is 12.1. The van der Waals surface area contributed by atoms with E-state index in [1.165, 1.54) is 19.6 Å². The fourth-order valence-corrected chi connectivity index (χ4v) is 3.31. The van der Waals surface area contributed by atoms with Crippen molar-refractivity contribution in [2.75, 3.05) is 27.2 Å². The van der Waals surface area contributed by atoms with Crippen LogP contribution in [0.25, 0.3) is 0 Å². The van der Waals surface area contributed by atoms with Gasteiger partial charge in [0.15, 0.2) is 0 Å². The number of aryl methyl sites for hydroxylation is 1. The van der Waals surface area contributed by atoms with Crippen molar-refractivity contribution in [3.8, 4) is 0 Å². The van der Waals surface area contributed by atoms with Gasteiger partial charge in [0.25, 0.3) is 0 Å². The maximum atomic E-state index is 12.5.